The van der Waals surface area contributed by atoms with E-state index < -0.39 is 17.2 Å². The second-order valence-corrected chi connectivity index (χ2v) is 3.57. The van der Waals surface area contributed by atoms with Crippen molar-refractivity contribution in [2.24, 2.45) is 5.41 Å². The van der Waals surface area contributed by atoms with Gasteiger partial charge in [-0.15, -0.1) is 0 Å². The Labute approximate surface area is 71.5 Å². The molecule has 0 saturated carbocycles. The van der Waals surface area contributed by atoms with Crippen molar-refractivity contribution in [3.05, 3.63) is 0 Å². The second kappa shape index (κ2) is 2.71. The van der Waals surface area contributed by atoms with Crippen LogP contribution < -0.4 is 0 Å². The fourth-order valence-electron chi connectivity index (χ4n) is 1.07. The van der Waals surface area contributed by atoms with Crippen molar-refractivity contribution >= 4 is 5.97 Å². The number of hydrogen-bond acceptors (Lipinski definition) is 3. The molecule has 1 rings (SSSR count). The summed E-state index contributed by atoms with van der Waals surface area (Å²) in [5.41, 5.74) is -1.01. The highest BCUT2D eigenvalue weighted by Crippen LogP contribution is 2.37. The van der Waals surface area contributed by atoms with Crippen molar-refractivity contribution < 1.29 is 19.4 Å². The quantitative estimate of drug-likeness (QED) is 0.674. The van der Waals surface area contributed by atoms with Gasteiger partial charge >= 0.3 is 5.97 Å². The van der Waals surface area contributed by atoms with Gasteiger partial charge < -0.3 is 14.6 Å². The molecular weight excluding hydrogens is 160 g/mol. The fourth-order valence-corrected chi connectivity index (χ4v) is 1.07. The Hall–Kier alpha value is -0.610. The molecule has 1 N–H and O–H groups in total. The minimum atomic E-state index is -1.01. The first-order valence-corrected chi connectivity index (χ1v) is 3.91. The van der Waals surface area contributed by atoms with Gasteiger partial charge in [0.2, 0.25) is 0 Å². The van der Waals surface area contributed by atoms with E-state index in [0.717, 1.165) is 0 Å². The predicted molar refractivity (Wildman–Crippen MR) is 41.7 cm³/mol. The molecule has 0 aromatic rings. The van der Waals surface area contributed by atoms with Gasteiger partial charge in [-0.1, -0.05) is 0 Å². The van der Waals surface area contributed by atoms with Gasteiger partial charge in [-0.2, -0.15) is 0 Å². The lowest BCUT2D eigenvalue weighted by molar-refractivity contribution is -0.222. The third-order valence-corrected chi connectivity index (χ3v) is 2.51. The van der Waals surface area contributed by atoms with Crippen LogP contribution in [0.15, 0.2) is 0 Å². The van der Waals surface area contributed by atoms with Crippen LogP contribution in [0.5, 0.6) is 0 Å². The molecular formula is C8H14O4. The first-order chi connectivity index (χ1) is 5.40. The number of carboxylic acids is 1. The van der Waals surface area contributed by atoms with Gasteiger partial charge in [-0.05, 0) is 20.8 Å². The minimum absolute atomic E-state index is 0.465. The summed E-state index contributed by atoms with van der Waals surface area (Å²) in [6.07, 6.45) is 0. The Balaban J connectivity index is 2.85. The van der Waals surface area contributed by atoms with Crippen LogP contribution in [0.1, 0.15) is 20.8 Å². The normalized spacial score (nSPS) is 22.6. The summed E-state index contributed by atoms with van der Waals surface area (Å²) in [5.74, 6) is -1.90. The molecule has 0 spiro atoms. The third-order valence-electron chi connectivity index (χ3n) is 2.51. The highest BCUT2D eigenvalue weighted by atomic mass is 16.7. The number of carboxylic acid groups (broad SMARTS) is 1. The van der Waals surface area contributed by atoms with Crippen molar-refractivity contribution in [3.63, 3.8) is 0 Å². The van der Waals surface area contributed by atoms with E-state index in [9.17, 15) is 4.79 Å². The van der Waals surface area contributed by atoms with E-state index in [0.29, 0.717) is 13.2 Å². The lowest BCUT2D eigenvalue weighted by atomic mass is 9.84. The summed E-state index contributed by atoms with van der Waals surface area (Å²) in [6, 6.07) is 0. The van der Waals surface area contributed by atoms with E-state index in [-0.39, 0.29) is 0 Å². The van der Waals surface area contributed by atoms with Gasteiger partial charge in [0, 0.05) is 0 Å². The average molecular weight is 174 g/mol. The van der Waals surface area contributed by atoms with Crippen LogP contribution in [-0.4, -0.2) is 30.1 Å². The first kappa shape index (κ1) is 9.48. The molecule has 1 saturated heterocycles. The number of aliphatic carboxylic acids is 1. The van der Waals surface area contributed by atoms with Crippen LogP contribution in [0.2, 0.25) is 0 Å². The van der Waals surface area contributed by atoms with Crippen molar-refractivity contribution in [2.75, 3.05) is 13.2 Å². The summed E-state index contributed by atoms with van der Waals surface area (Å²) in [4.78, 5) is 10.9. The second-order valence-electron chi connectivity index (χ2n) is 3.57. The summed E-state index contributed by atoms with van der Waals surface area (Å²) < 4.78 is 10.5. The fraction of sp³-hybridized carbons (Fsp3) is 0.875. The molecule has 70 valence electrons. The van der Waals surface area contributed by atoms with E-state index in [1.54, 1.807) is 20.8 Å². The molecule has 1 heterocycles. The van der Waals surface area contributed by atoms with E-state index in [1.165, 1.54) is 0 Å². The van der Waals surface area contributed by atoms with Gasteiger partial charge in [0.05, 0.1) is 13.2 Å². The third kappa shape index (κ3) is 1.21. The molecule has 1 aliphatic rings. The maximum absolute atomic E-state index is 10.9. The average Bonchev–Trinajstić information content (AvgIpc) is 2.37. The Morgan fingerprint density at radius 2 is 1.83 bits per heavy atom. The molecule has 1 fully saturated rings. The largest absolute Gasteiger partial charge is 0.481 e. The maximum atomic E-state index is 10.9. The summed E-state index contributed by atoms with van der Waals surface area (Å²) in [6.45, 7) is 5.79. The standard InChI is InChI=1S/C8H14O4/c1-7(2,6(9)10)8(3)11-4-5-12-8/h4-5H2,1-3H3,(H,9,10). The Morgan fingerprint density at radius 1 is 1.42 bits per heavy atom. The van der Waals surface area contributed by atoms with Gasteiger partial charge in [-0.25, -0.2) is 0 Å². The molecule has 1 aliphatic heterocycles. The molecule has 0 radical (unpaired) electrons. The molecule has 12 heavy (non-hydrogen) atoms. The molecule has 0 aromatic carbocycles. The summed E-state index contributed by atoms with van der Waals surface area (Å²) in [5, 5.41) is 8.91. The van der Waals surface area contributed by atoms with Crippen LogP contribution >= 0.6 is 0 Å². The van der Waals surface area contributed by atoms with Crippen LogP contribution in [-0.2, 0) is 14.3 Å². The Kier molecular flexibility index (Phi) is 2.14. The van der Waals surface area contributed by atoms with E-state index in [1.807, 2.05) is 0 Å². The molecule has 0 atom stereocenters. The highest BCUT2D eigenvalue weighted by molar-refractivity contribution is 5.75. The molecule has 0 aliphatic carbocycles. The van der Waals surface area contributed by atoms with Gasteiger partial charge in [0.1, 0.15) is 5.41 Å². The zero-order chi connectivity index (χ0) is 9.41. The zero-order valence-corrected chi connectivity index (χ0v) is 7.59. The van der Waals surface area contributed by atoms with Crippen molar-refractivity contribution in [3.8, 4) is 0 Å². The van der Waals surface area contributed by atoms with Crippen LogP contribution in [0, 0.1) is 5.41 Å². The van der Waals surface area contributed by atoms with Crippen LogP contribution in [0.3, 0.4) is 0 Å². The number of carbonyl (C=O) groups is 1. The predicted octanol–water partition coefficient (Wildman–Crippen LogP) is 0.860. The van der Waals surface area contributed by atoms with Crippen LogP contribution in [0.4, 0.5) is 0 Å². The summed E-state index contributed by atoms with van der Waals surface area (Å²) >= 11 is 0. The molecule has 0 unspecified atom stereocenters. The smallest absolute Gasteiger partial charge is 0.314 e. The Bertz CT molecular complexity index is 191. The summed E-state index contributed by atoms with van der Waals surface area (Å²) in [7, 11) is 0. The number of hydrogen-bond donors (Lipinski definition) is 1. The number of ether oxygens (including phenoxy) is 2. The van der Waals surface area contributed by atoms with E-state index in [2.05, 4.69) is 0 Å². The molecule has 0 bridgehead atoms. The SMILES string of the molecule is CC1(C(C)(C)C(=O)O)OCCO1. The monoisotopic (exact) mass is 174 g/mol. The van der Waals surface area contributed by atoms with E-state index >= 15 is 0 Å². The molecule has 4 nitrogen and oxygen atoms in total. The van der Waals surface area contributed by atoms with Crippen molar-refractivity contribution in [2.45, 2.75) is 26.6 Å². The lowest BCUT2D eigenvalue weighted by Gasteiger charge is -2.35. The highest BCUT2D eigenvalue weighted by Gasteiger charge is 2.51. The zero-order valence-electron chi connectivity index (χ0n) is 7.59. The minimum Gasteiger partial charge on any atom is -0.481 e. The first-order valence-electron chi connectivity index (χ1n) is 3.91. The number of rotatable bonds is 2. The molecule has 0 aromatic heterocycles. The molecule has 0 amide bonds. The van der Waals surface area contributed by atoms with Crippen molar-refractivity contribution in [1.29, 1.82) is 0 Å². The lowest BCUT2D eigenvalue weighted by Crippen LogP contribution is -2.48. The van der Waals surface area contributed by atoms with E-state index in [4.69, 9.17) is 14.6 Å². The van der Waals surface area contributed by atoms with Gasteiger partial charge in [-0.3, -0.25) is 4.79 Å². The van der Waals surface area contributed by atoms with Gasteiger partial charge in [0.25, 0.3) is 0 Å². The van der Waals surface area contributed by atoms with Crippen molar-refractivity contribution in [1.82, 2.24) is 0 Å². The Morgan fingerprint density at radius 3 is 2.17 bits per heavy atom. The topological polar surface area (TPSA) is 55.8 Å². The van der Waals surface area contributed by atoms with Gasteiger partial charge in [0.15, 0.2) is 5.79 Å². The molecule has 4 heteroatoms. The maximum Gasteiger partial charge on any atom is 0.314 e. The van der Waals surface area contributed by atoms with Crippen LogP contribution in [0.25, 0.3) is 0 Å².